The van der Waals surface area contributed by atoms with E-state index in [4.69, 9.17) is 4.74 Å². The number of carbonyl (C=O) groups is 2. The standard InChI is InChI=1S/C29H32N2O3S/c1-21(23-11-5-3-6-12-23)31(29(33)30-24-13-7-4-8-14-24)25-15-9-17-27(19-25)35-28-18-10-16-26(20-28)34-22(2)32/h3,5-6,9-12,15-21,24H,4,7-8,13-14H2,1-2H3,(H,30,33). The van der Waals surface area contributed by atoms with E-state index in [1.54, 1.807) is 17.8 Å². The van der Waals surface area contributed by atoms with Crippen molar-refractivity contribution in [2.75, 3.05) is 4.90 Å². The molecule has 5 nitrogen and oxygen atoms in total. The van der Waals surface area contributed by atoms with Crippen molar-refractivity contribution in [3.8, 4) is 5.75 Å². The van der Waals surface area contributed by atoms with Gasteiger partial charge in [0.2, 0.25) is 0 Å². The minimum absolute atomic E-state index is 0.0627. The number of hydrogen-bond donors (Lipinski definition) is 1. The molecule has 1 aliphatic carbocycles. The Balaban J connectivity index is 1.60. The van der Waals surface area contributed by atoms with E-state index in [1.165, 1.54) is 13.3 Å². The van der Waals surface area contributed by atoms with Gasteiger partial charge in [0.1, 0.15) is 5.75 Å². The van der Waals surface area contributed by atoms with Crippen molar-refractivity contribution in [1.82, 2.24) is 5.32 Å². The van der Waals surface area contributed by atoms with E-state index in [1.807, 2.05) is 65.6 Å². The Labute approximate surface area is 211 Å². The number of nitrogens with zero attached hydrogens (tertiary/aromatic N) is 1. The highest BCUT2D eigenvalue weighted by Gasteiger charge is 2.26. The molecule has 0 spiro atoms. The van der Waals surface area contributed by atoms with Crippen LogP contribution in [0.5, 0.6) is 5.75 Å². The molecule has 1 aliphatic rings. The molecule has 2 amide bonds. The Kier molecular flexibility index (Phi) is 8.48. The molecule has 182 valence electrons. The quantitative estimate of drug-likeness (QED) is 0.279. The first-order valence-electron chi connectivity index (χ1n) is 12.2. The summed E-state index contributed by atoms with van der Waals surface area (Å²) in [6.45, 7) is 3.46. The highest BCUT2D eigenvalue weighted by atomic mass is 32.2. The minimum Gasteiger partial charge on any atom is -0.427 e. The summed E-state index contributed by atoms with van der Waals surface area (Å²) in [5.74, 6) is 0.175. The van der Waals surface area contributed by atoms with Crippen LogP contribution in [0.4, 0.5) is 10.5 Å². The number of benzene rings is 3. The van der Waals surface area contributed by atoms with Crippen LogP contribution in [0.25, 0.3) is 0 Å². The number of rotatable bonds is 7. The van der Waals surface area contributed by atoms with Gasteiger partial charge in [0.15, 0.2) is 0 Å². The number of urea groups is 1. The van der Waals surface area contributed by atoms with Crippen molar-refractivity contribution in [3.63, 3.8) is 0 Å². The summed E-state index contributed by atoms with van der Waals surface area (Å²) < 4.78 is 5.23. The highest BCUT2D eigenvalue weighted by molar-refractivity contribution is 7.99. The van der Waals surface area contributed by atoms with Gasteiger partial charge in [-0.15, -0.1) is 0 Å². The maximum Gasteiger partial charge on any atom is 0.322 e. The number of nitrogens with one attached hydrogen (secondary N) is 1. The molecule has 0 aromatic heterocycles. The minimum atomic E-state index is -0.344. The van der Waals surface area contributed by atoms with Crippen LogP contribution in [0, 0.1) is 0 Å². The van der Waals surface area contributed by atoms with Gasteiger partial charge in [0.25, 0.3) is 0 Å². The fourth-order valence-corrected chi connectivity index (χ4v) is 5.41. The van der Waals surface area contributed by atoms with Gasteiger partial charge in [-0.2, -0.15) is 0 Å². The molecule has 1 atom stereocenters. The molecule has 1 N–H and O–H groups in total. The average molecular weight is 489 g/mol. The number of hydrogen-bond acceptors (Lipinski definition) is 4. The summed E-state index contributed by atoms with van der Waals surface area (Å²) in [5, 5.41) is 3.29. The van der Waals surface area contributed by atoms with Crippen molar-refractivity contribution >= 4 is 29.4 Å². The smallest absolute Gasteiger partial charge is 0.322 e. The van der Waals surface area contributed by atoms with Crippen LogP contribution in [0.3, 0.4) is 0 Å². The molecular formula is C29H32N2O3S. The van der Waals surface area contributed by atoms with Gasteiger partial charge in [-0.3, -0.25) is 9.69 Å². The largest absolute Gasteiger partial charge is 0.427 e. The second-order valence-corrected chi connectivity index (χ2v) is 10.1. The van der Waals surface area contributed by atoms with Gasteiger partial charge in [0.05, 0.1) is 6.04 Å². The lowest BCUT2D eigenvalue weighted by Gasteiger charge is -2.33. The SMILES string of the molecule is CC(=O)Oc1cccc(Sc2cccc(N(C(=O)NC3CCCCC3)C(C)c3ccccc3)c2)c1. The molecule has 0 heterocycles. The van der Waals surface area contributed by atoms with Crippen molar-refractivity contribution in [3.05, 3.63) is 84.4 Å². The van der Waals surface area contributed by atoms with Crippen LogP contribution >= 0.6 is 11.8 Å². The zero-order valence-corrected chi connectivity index (χ0v) is 21.1. The van der Waals surface area contributed by atoms with Crippen molar-refractivity contribution < 1.29 is 14.3 Å². The molecule has 0 saturated heterocycles. The van der Waals surface area contributed by atoms with Crippen LogP contribution < -0.4 is 15.0 Å². The fraction of sp³-hybridized carbons (Fsp3) is 0.310. The van der Waals surface area contributed by atoms with Gasteiger partial charge in [-0.05, 0) is 61.7 Å². The van der Waals surface area contributed by atoms with Crippen LogP contribution in [-0.4, -0.2) is 18.0 Å². The van der Waals surface area contributed by atoms with Gasteiger partial charge >= 0.3 is 12.0 Å². The Morgan fingerprint density at radius 3 is 2.31 bits per heavy atom. The first-order chi connectivity index (χ1) is 17.0. The Morgan fingerprint density at radius 1 is 0.914 bits per heavy atom. The van der Waals surface area contributed by atoms with Crippen LogP contribution in [0.1, 0.15) is 57.6 Å². The predicted molar refractivity (Wildman–Crippen MR) is 141 cm³/mol. The normalized spacial score (nSPS) is 14.7. The molecule has 1 saturated carbocycles. The van der Waals surface area contributed by atoms with Crippen LogP contribution in [0.15, 0.2) is 88.7 Å². The second kappa shape index (κ2) is 11.9. The molecule has 3 aromatic rings. The molecule has 3 aromatic carbocycles. The molecule has 1 fully saturated rings. The summed E-state index contributed by atoms with van der Waals surface area (Å²) >= 11 is 1.57. The topological polar surface area (TPSA) is 58.6 Å². The molecule has 4 rings (SSSR count). The van der Waals surface area contributed by atoms with Gasteiger partial charge < -0.3 is 10.1 Å². The summed E-state index contributed by atoms with van der Waals surface area (Å²) in [7, 11) is 0. The Morgan fingerprint density at radius 2 is 1.60 bits per heavy atom. The molecule has 6 heteroatoms. The lowest BCUT2D eigenvalue weighted by Crippen LogP contribution is -2.46. The average Bonchev–Trinajstić information content (AvgIpc) is 2.85. The second-order valence-electron chi connectivity index (χ2n) is 8.91. The number of esters is 1. The van der Waals surface area contributed by atoms with Crippen molar-refractivity contribution in [2.24, 2.45) is 0 Å². The maximum absolute atomic E-state index is 13.6. The van der Waals surface area contributed by atoms with E-state index in [0.717, 1.165) is 46.7 Å². The molecule has 35 heavy (non-hydrogen) atoms. The molecular weight excluding hydrogens is 456 g/mol. The zero-order valence-electron chi connectivity index (χ0n) is 20.3. The molecule has 1 unspecified atom stereocenters. The Bertz CT molecular complexity index is 1150. The van der Waals surface area contributed by atoms with E-state index in [2.05, 4.69) is 24.4 Å². The zero-order chi connectivity index (χ0) is 24.6. The van der Waals surface area contributed by atoms with Crippen LogP contribution in [0.2, 0.25) is 0 Å². The van der Waals surface area contributed by atoms with Crippen molar-refractivity contribution in [2.45, 2.75) is 67.8 Å². The lowest BCUT2D eigenvalue weighted by molar-refractivity contribution is -0.131. The summed E-state index contributed by atoms with van der Waals surface area (Å²) in [5.41, 5.74) is 1.93. The predicted octanol–water partition coefficient (Wildman–Crippen LogP) is 7.37. The van der Waals surface area contributed by atoms with E-state index >= 15 is 0 Å². The fourth-order valence-electron chi connectivity index (χ4n) is 4.49. The van der Waals surface area contributed by atoms with E-state index in [0.29, 0.717) is 5.75 Å². The number of ether oxygens (including phenoxy) is 1. The maximum atomic E-state index is 13.6. The first kappa shape index (κ1) is 24.9. The van der Waals surface area contributed by atoms with E-state index in [9.17, 15) is 9.59 Å². The molecule has 0 radical (unpaired) electrons. The van der Waals surface area contributed by atoms with Gasteiger partial charge in [0, 0.05) is 28.4 Å². The summed E-state index contributed by atoms with van der Waals surface area (Å²) in [6, 6.07) is 25.6. The van der Waals surface area contributed by atoms with Gasteiger partial charge in [-0.25, -0.2) is 4.79 Å². The van der Waals surface area contributed by atoms with Gasteiger partial charge in [-0.1, -0.05) is 73.5 Å². The third-order valence-corrected chi connectivity index (χ3v) is 7.20. The van der Waals surface area contributed by atoms with Crippen molar-refractivity contribution in [1.29, 1.82) is 0 Å². The third-order valence-electron chi connectivity index (χ3n) is 6.22. The Hall–Kier alpha value is -3.25. The highest BCUT2D eigenvalue weighted by Crippen LogP contribution is 2.35. The number of carbonyl (C=O) groups excluding carboxylic acids is 2. The van der Waals surface area contributed by atoms with Crippen LogP contribution in [-0.2, 0) is 4.79 Å². The lowest BCUT2D eigenvalue weighted by atomic mass is 9.95. The number of anilines is 1. The van der Waals surface area contributed by atoms with E-state index < -0.39 is 0 Å². The number of amides is 2. The monoisotopic (exact) mass is 488 g/mol. The molecule has 0 aliphatic heterocycles. The summed E-state index contributed by atoms with van der Waals surface area (Å²) in [4.78, 5) is 28.7. The van der Waals surface area contributed by atoms with E-state index in [-0.39, 0.29) is 24.1 Å². The third kappa shape index (κ3) is 6.89. The molecule has 0 bridgehead atoms. The first-order valence-corrected chi connectivity index (χ1v) is 13.0. The summed E-state index contributed by atoms with van der Waals surface area (Å²) in [6.07, 6.45) is 5.64.